The second-order valence-corrected chi connectivity index (χ2v) is 5.84. The zero-order valence-electron chi connectivity index (χ0n) is 13.4. The second kappa shape index (κ2) is 8.16. The molecule has 0 radical (unpaired) electrons. The average Bonchev–Trinajstić information content (AvgIpc) is 3.42. The molecular weight excluding hydrogens is 315 g/mol. The molecule has 0 bridgehead atoms. The minimum Gasteiger partial charge on any atom is -0.655 e. The van der Waals surface area contributed by atoms with Gasteiger partial charge in [-0.3, -0.25) is 0 Å². The third-order valence-electron chi connectivity index (χ3n) is 4.05. The van der Waals surface area contributed by atoms with Crippen molar-refractivity contribution < 1.29 is 56.1 Å². The van der Waals surface area contributed by atoms with Crippen LogP contribution in [0.25, 0.3) is 5.32 Å². The van der Waals surface area contributed by atoms with E-state index in [1.54, 1.807) is 0 Å². The number of aromatic nitrogens is 2. The van der Waals surface area contributed by atoms with Gasteiger partial charge in [0.15, 0.2) is 0 Å². The molecule has 1 N–H and O–H groups in total. The van der Waals surface area contributed by atoms with Crippen LogP contribution in [0.4, 0.5) is 11.4 Å². The van der Waals surface area contributed by atoms with E-state index in [0.717, 1.165) is 36.9 Å². The first kappa shape index (κ1) is 17.5. The van der Waals surface area contributed by atoms with Crippen molar-refractivity contribution in [3.8, 4) is 0 Å². The molecule has 2 fully saturated rings. The molecule has 4 rings (SSSR count). The summed E-state index contributed by atoms with van der Waals surface area (Å²) in [4.78, 5) is 8.79. The Labute approximate surface area is 179 Å². The monoisotopic (exact) mass is 334 g/mol. The van der Waals surface area contributed by atoms with Crippen molar-refractivity contribution in [3.05, 3.63) is 53.4 Å². The Bertz CT molecular complexity index is 622. The van der Waals surface area contributed by atoms with Crippen LogP contribution in [0.5, 0.6) is 0 Å². The van der Waals surface area contributed by atoms with E-state index in [0.29, 0.717) is 5.92 Å². The number of rotatable bonds is 4. The largest absolute Gasteiger partial charge is 1.00 e. The SMILES string of the molecule is [K+].c1cc([C@H]2CNCCO2)ccc1[N-]c1cnc(C2CC2)nc1. The molecule has 1 atom stereocenters. The average molecular weight is 334 g/mol. The summed E-state index contributed by atoms with van der Waals surface area (Å²) in [6.07, 6.45) is 6.20. The Morgan fingerprint density at radius 2 is 1.78 bits per heavy atom. The van der Waals surface area contributed by atoms with Crippen LogP contribution in [0, 0.1) is 0 Å². The van der Waals surface area contributed by atoms with E-state index in [-0.39, 0.29) is 57.5 Å². The predicted octanol–water partition coefficient (Wildman–Crippen LogP) is 0.356. The van der Waals surface area contributed by atoms with Crippen molar-refractivity contribution in [2.24, 2.45) is 0 Å². The molecule has 1 saturated carbocycles. The standard InChI is InChI=1S/C17H19N4O.K/c1-2-13(1)17-19-9-15(10-20-17)21-14-5-3-12(4-6-14)16-11-18-7-8-22-16;/h3-6,9-10,13,16,18H,1-2,7-8,11H2;/q-1;+1/t16-;/m1./s1. The van der Waals surface area contributed by atoms with E-state index in [9.17, 15) is 0 Å². The molecular formula is C17H19KN4O. The molecule has 1 saturated heterocycles. The molecule has 2 aromatic rings. The van der Waals surface area contributed by atoms with Crippen LogP contribution in [0.1, 0.15) is 36.3 Å². The fourth-order valence-electron chi connectivity index (χ4n) is 2.63. The Balaban J connectivity index is 0.00000156. The van der Waals surface area contributed by atoms with Gasteiger partial charge in [-0.25, -0.2) is 9.97 Å². The maximum absolute atomic E-state index is 5.75. The van der Waals surface area contributed by atoms with E-state index < -0.39 is 0 Å². The van der Waals surface area contributed by atoms with E-state index in [1.165, 1.54) is 18.4 Å². The Kier molecular flexibility index (Phi) is 6.20. The summed E-state index contributed by atoms with van der Waals surface area (Å²) in [6.45, 7) is 2.56. The van der Waals surface area contributed by atoms with Gasteiger partial charge in [-0.1, -0.05) is 30.0 Å². The van der Waals surface area contributed by atoms with E-state index in [4.69, 9.17) is 4.74 Å². The Hall–Kier alpha value is -0.344. The molecule has 23 heavy (non-hydrogen) atoms. The number of morpholine rings is 1. The molecule has 1 aliphatic heterocycles. The van der Waals surface area contributed by atoms with Crippen LogP contribution in [0.2, 0.25) is 0 Å². The van der Waals surface area contributed by atoms with Crippen molar-refractivity contribution >= 4 is 11.4 Å². The number of ether oxygens (including phenoxy) is 1. The summed E-state index contributed by atoms with van der Waals surface area (Å²) >= 11 is 0. The Morgan fingerprint density at radius 1 is 1.04 bits per heavy atom. The van der Waals surface area contributed by atoms with Crippen LogP contribution in [0.15, 0.2) is 36.7 Å². The van der Waals surface area contributed by atoms with Gasteiger partial charge in [0.2, 0.25) is 0 Å². The summed E-state index contributed by atoms with van der Waals surface area (Å²) in [5.74, 6) is 1.54. The topological polar surface area (TPSA) is 61.1 Å². The predicted molar refractivity (Wildman–Crippen MR) is 84.7 cm³/mol. The fraction of sp³-hybridized carbons (Fsp3) is 0.412. The van der Waals surface area contributed by atoms with Crippen LogP contribution in [0.3, 0.4) is 0 Å². The molecule has 2 heterocycles. The Morgan fingerprint density at radius 3 is 2.39 bits per heavy atom. The molecule has 1 aliphatic carbocycles. The molecule has 1 aromatic heterocycles. The van der Waals surface area contributed by atoms with E-state index in [2.05, 4.69) is 32.7 Å². The maximum atomic E-state index is 5.75. The number of nitrogens with zero attached hydrogens (tertiary/aromatic N) is 3. The van der Waals surface area contributed by atoms with Gasteiger partial charge in [-0.2, -0.15) is 0 Å². The second-order valence-electron chi connectivity index (χ2n) is 5.84. The van der Waals surface area contributed by atoms with E-state index in [1.807, 2.05) is 24.5 Å². The van der Waals surface area contributed by atoms with Crippen LogP contribution >= 0.6 is 0 Å². The van der Waals surface area contributed by atoms with Crippen LogP contribution in [-0.2, 0) is 4.74 Å². The molecule has 5 nitrogen and oxygen atoms in total. The van der Waals surface area contributed by atoms with Crippen molar-refractivity contribution in [2.75, 3.05) is 19.7 Å². The van der Waals surface area contributed by atoms with Gasteiger partial charge in [0, 0.05) is 31.4 Å². The minimum absolute atomic E-state index is 0. The quantitative estimate of drug-likeness (QED) is 0.820. The van der Waals surface area contributed by atoms with Gasteiger partial charge < -0.3 is 15.4 Å². The van der Waals surface area contributed by atoms with Crippen LogP contribution < -0.4 is 56.7 Å². The van der Waals surface area contributed by atoms with E-state index >= 15 is 0 Å². The number of nitrogens with one attached hydrogen (secondary N) is 1. The molecule has 0 amide bonds. The molecule has 1 aromatic carbocycles. The molecule has 114 valence electrons. The smallest absolute Gasteiger partial charge is 0.655 e. The van der Waals surface area contributed by atoms with Gasteiger partial charge in [0.05, 0.1) is 12.7 Å². The molecule has 0 spiro atoms. The number of hydrogen-bond acceptors (Lipinski definition) is 4. The zero-order valence-corrected chi connectivity index (χ0v) is 16.5. The molecule has 2 aliphatic rings. The molecule has 6 heteroatoms. The summed E-state index contributed by atoms with van der Waals surface area (Å²) in [6, 6.07) is 8.19. The summed E-state index contributed by atoms with van der Waals surface area (Å²) < 4.78 is 5.75. The van der Waals surface area contributed by atoms with Crippen molar-refractivity contribution in [3.63, 3.8) is 0 Å². The maximum Gasteiger partial charge on any atom is 1.00 e. The number of benzene rings is 1. The van der Waals surface area contributed by atoms with Gasteiger partial charge in [0.1, 0.15) is 5.82 Å². The minimum atomic E-state index is 0. The third kappa shape index (κ3) is 4.60. The first-order valence-electron chi connectivity index (χ1n) is 7.84. The van der Waals surface area contributed by atoms with Crippen LogP contribution in [-0.4, -0.2) is 29.7 Å². The van der Waals surface area contributed by atoms with Gasteiger partial charge in [0.25, 0.3) is 0 Å². The fourth-order valence-corrected chi connectivity index (χ4v) is 2.63. The summed E-state index contributed by atoms with van der Waals surface area (Å²) in [7, 11) is 0. The normalized spacial score (nSPS) is 20.6. The summed E-state index contributed by atoms with van der Waals surface area (Å²) in [5.41, 5.74) is 2.90. The third-order valence-corrected chi connectivity index (χ3v) is 4.05. The number of hydrogen-bond donors (Lipinski definition) is 1. The summed E-state index contributed by atoms with van der Waals surface area (Å²) in [5, 5.41) is 7.91. The van der Waals surface area contributed by atoms with Crippen molar-refractivity contribution in [1.29, 1.82) is 0 Å². The zero-order chi connectivity index (χ0) is 14.8. The van der Waals surface area contributed by atoms with Gasteiger partial charge in [-0.05, 0) is 18.4 Å². The first-order valence-corrected chi connectivity index (χ1v) is 7.84. The van der Waals surface area contributed by atoms with Gasteiger partial charge >= 0.3 is 51.4 Å². The van der Waals surface area contributed by atoms with Crippen molar-refractivity contribution in [2.45, 2.75) is 24.9 Å². The van der Waals surface area contributed by atoms with Gasteiger partial charge in [-0.15, -0.1) is 5.69 Å². The molecule has 0 unspecified atom stereocenters. The van der Waals surface area contributed by atoms with Crippen molar-refractivity contribution in [1.82, 2.24) is 15.3 Å². The first-order chi connectivity index (χ1) is 10.9.